The van der Waals surface area contributed by atoms with Crippen molar-refractivity contribution in [1.82, 2.24) is 4.98 Å². The largest absolute Gasteiger partial charge is 0.497 e. The van der Waals surface area contributed by atoms with E-state index < -0.39 is 0 Å². The van der Waals surface area contributed by atoms with Crippen molar-refractivity contribution in [1.29, 1.82) is 0 Å². The molecule has 2 aromatic rings. The maximum atomic E-state index is 6.31. The number of nitrogens with zero attached hydrogens (tertiary/aromatic N) is 1. The Kier molecular flexibility index (Phi) is 2.13. The van der Waals surface area contributed by atoms with Gasteiger partial charge in [-0.05, 0) is 37.5 Å². The van der Waals surface area contributed by atoms with E-state index in [9.17, 15) is 0 Å². The molecule has 1 aliphatic rings. The molecule has 0 unspecified atom stereocenters. The van der Waals surface area contributed by atoms with E-state index >= 15 is 0 Å². The lowest BCUT2D eigenvalue weighted by atomic mass is 9.99. The molecule has 1 aromatic heterocycles. The van der Waals surface area contributed by atoms with Crippen LogP contribution in [0.2, 0.25) is 0 Å². The van der Waals surface area contributed by atoms with Crippen LogP contribution in [0, 0.1) is 6.92 Å². The van der Waals surface area contributed by atoms with Crippen LogP contribution in [0.5, 0.6) is 5.75 Å². The first-order valence-corrected chi connectivity index (χ1v) is 5.87. The fourth-order valence-electron chi connectivity index (χ4n) is 2.24. The maximum absolute atomic E-state index is 6.31. The first-order valence-electron chi connectivity index (χ1n) is 5.87. The topological polar surface area (TPSA) is 48.1 Å². The minimum Gasteiger partial charge on any atom is -0.497 e. The number of rotatable bonds is 2. The smallest absolute Gasteiger partial charge is 0.121 e. The van der Waals surface area contributed by atoms with Gasteiger partial charge in [-0.2, -0.15) is 0 Å². The summed E-state index contributed by atoms with van der Waals surface area (Å²) in [6.45, 7) is 1.99. The molecule has 3 nitrogen and oxygen atoms in total. The summed E-state index contributed by atoms with van der Waals surface area (Å²) in [4.78, 5) is 4.55. The lowest BCUT2D eigenvalue weighted by Gasteiger charge is -2.14. The number of ether oxygens (including phenoxy) is 1. The monoisotopic (exact) mass is 228 g/mol. The van der Waals surface area contributed by atoms with Gasteiger partial charge in [-0.25, -0.2) is 0 Å². The summed E-state index contributed by atoms with van der Waals surface area (Å²) in [5.74, 6) is 0.835. The van der Waals surface area contributed by atoms with E-state index in [0.717, 1.165) is 35.2 Å². The molecule has 0 radical (unpaired) electrons. The highest BCUT2D eigenvalue weighted by atomic mass is 16.5. The molecule has 0 atom stereocenters. The predicted molar refractivity (Wildman–Crippen MR) is 68.1 cm³/mol. The van der Waals surface area contributed by atoms with Gasteiger partial charge in [0.15, 0.2) is 0 Å². The van der Waals surface area contributed by atoms with Crippen LogP contribution in [0.15, 0.2) is 24.3 Å². The molecule has 1 saturated carbocycles. The zero-order chi connectivity index (χ0) is 12.0. The molecule has 3 rings (SSSR count). The molecule has 0 amide bonds. The summed E-state index contributed by atoms with van der Waals surface area (Å²) in [5.41, 5.74) is 9.30. The van der Waals surface area contributed by atoms with E-state index in [4.69, 9.17) is 10.5 Å². The lowest BCUT2D eigenvalue weighted by Crippen LogP contribution is -2.19. The molecular formula is C14H16N2O. The standard InChI is InChI=1S/C14H16N2O/c1-9-3-4-11-12(14(15)5-6-14)7-10(17-2)8-13(11)16-9/h3-4,7-8H,5-6,15H2,1-2H3. The summed E-state index contributed by atoms with van der Waals surface area (Å²) in [7, 11) is 1.68. The van der Waals surface area contributed by atoms with Gasteiger partial charge >= 0.3 is 0 Å². The third-order valence-electron chi connectivity index (χ3n) is 3.48. The minimum atomic E-state index is -0.163. The average molecular weight is 228 g/mol. The summed E-state index contributed by atoms with van der Waals surface area (Å²) in [5, 5.41) is 1.15. The third-order valence-corrected chi connectivity index (χ3v) is 3.48. The van der Waals surface area contributed by atoms with Crippen LogP contribution in [0.1, 0.15) is 24.1 Å². The molecule has 1 fully saturated rings. The van der Waals surface area contributed by atoms with E-state index in [0.29, 0.717) is 0 Å². The van der Waals surface area contributed by atoms with Crippen molar-refractivity contribution < 1.29 is 4.74 Å². The number of fused-ring (bicyclic) bond motifs is 1. The average Bonchev–Trinajstić information content (AvgIpc) is 3.06. The van der Waals surface area contributed by atoms with E-state index in [-0.39, 0.29) is 5.54 Å². The van der Waals surface area contributed by atoms with Gasteiger partial charge in [0.05, 0.1) is 12.6 Å². The van der Waals surface area contributed by atoms with Crippen molar-refractivity contribution >= 4 is 10.9 Å². The zero-order valence-electron chi connectivity index (χ0n) is 10.2. The lowest BCUT2D eigenvalue weighted by molar-refractivity contribution is 0.414. The Labute approximate surface area is 101 Å². The number of hydrogen-bond donors (Lipinski definition) is 1. The zero-order valence-corrected chi connectivity index (χ0v) is 10.2. The second kappa shape index (κ2) is 3.44. The Morgan fingerprint density at radius 3 is 2.71 bits per heavy atom. The number of aromatic nitrogens is 1. The molecule has 1 aliphatic carbocycles. The molecule has 88 valence electrons. The van der Waals surface area contributed by atoms with E-state index in [2.05, 4.69) is 11.1 Å². The van der Waals surface area contributed by atoms with Crippen molar-refractivity contribution in [3.8, 4) is 5.75 Å². The van der Waals surface area contributed by atoms with Crippen LogP contribution < -0.4 is 10.5 Å². The molecular weight excluding hydrogens is 212 g/mol. The Morgan fingerprint density at radius 1 is 1.29 bits per heavy atom. The van der Waals surface area contributed by atoms with Crippen molar-refractivity contribution in [3.05, 3.63) is 35.5 Å². The van der Waals surface area contributed by atoms with Gasteiger partial charge in [-0.1, -0.05) is 6.07 Å². The number of aryl methyl sites for hydroxylation is 1. The van der Waals surface area contributed by atoms with Crippen molar-refractivity contribution in [2.24, 2.45) is 5.73 Å². The summed E-state index contributed by atoms with van der Waals surface area (Å²) in [6, 6.07) is 8.16. The highest BCUT2D eigenvalue weighted by Crippen LogP contribution is 2.46. The minimum absolute atomic E-state index is 0.163. The van der Waals surface area contributed by atoms with Crippen molar-refractivity contribution in [2.75, 3.05) is 7.11 Å². The Hall–Kier alpha value is -1.61. The fraction of sp³-hybridized carbons (Fsp3) is 0.357. The van der Waals surface area contributed by atoms with Gasteiger partial charge in [-0.15, -0.1) is 0 Å². The van der Waals surface area contributed by atoms with Gasteiger partial charge < -0.3 is 10.5 Å². The van der Waals surface area contributed by atoms with E-state index in [1.54, 1.807) is 7.11 Å². The van der Waals surface area contributed by atoms with Crippen LogP contribution in [0.25, 0.3) is 10.9 Å². The first-order chi connectivity index (χ1) is 8.12. The molecule has 1 aromatic carbocycles. The molecule has 0 aliphatic heterocycles. The highest BCUT2D eigenvalue weighted by molar-refractivity contribution is 5.85. The molecule has 1 heterocycles. The molecule has 3 heteroatoms. The molecule has 0 bridgehead atoms. The molecule has 17 heavy (non-hydrogen) atoms. The van der Waals surface area contributed by atoms with Gasteiger partial charge in [-0.3, -0.25) is 4.98 Å². The maximum Gasteiger partial charge on any atom is 0.121 e. The fourth-order valence-corrected chi connectivity index (χ4v) is 2.24. The SMILES string of the molecule is COc1cc(C2(N)CC2)c2ccc(C)nc2c1. The van der Waals surface area contributed by atoms with Gasteiger partial charge in [0.1, 0.15) is 5.75 Å². The number of pyridine rings is 1. The quantitative estimate of drug-likeness (QED) is 0.859. The second-order valence-electron chi connectivity index (χ2n) is 4.85. The molecule has 0 spiro atoms. The Morgan fingerprint density at radius 2 is 2.06 bits per heavy atom. The van der Waals surface area contributed by atoms with Crippen LogP contribution in [0.3, 0.4) is 0 Å². The molecule has 2 N–H and O–H groups in total. The number of hydrogen-bond acceptors (Lipinski definition) is 3. The number of methoxy groups -OCH3 is 1. The van der Waals surface area contributed by atoms with Crippen LogP contribution in [0.4, 0.5) is 0 Å². The highest BCUT2D eigenvalue weighted by Gasteiger charge is 2.41. The van der Waals surface area contributed by atoms with Gasteiger partial charge in [0.2, 0.25) is 0 Å². The number of benzene rings is 1. The predicted octanol–water partition coefficient (Wildman–Crippen LogP) is 2.50. The normalized spacial score (nSPS) is 17.1. The Bertz CT molecular complexity index is 588. The third kappa shape index (κ3) is 1.67. The van der Waals surface area contributed by atoms with E-state index in [1.165, 1.54) is 5.56 Å². The van der Waals surface area contributed by atoms with Crippen LogP contribution in [-0.4, -0.2) is 12.1 Å². The first kappa shape index (κ1) is 10.5. The van der Waals surface area contributed by atoms with E-state index in [1.807, 2.05) is 25.1 Å². The summed E-state index contributed by atoms with van der Waals surface area (Å²) < 4.78 is 5.33. The number of nitrogens with two attached hydrogens (primary N) is 1. The molecule has 0 saturated heterocycles. The van der Waals surface area contributed by atoms with Gasteiger partial charge in [0, 0.05) is 22.7 Å². The Balaban J connectivity index is 2.31. The summed E-state index contributed by atoms with van der Waals surface area (Å²) in [6.07, 6.45) is 2.09. The van der Waals surface area contributed by atoms with Gasteiger partial charge in [0.25, 0.3) is 0 Å². The van der Waals surface area contributed by atoms with Crippen molar-refractivity contribution in [2.45, 2.75) is 25.3 Å². The van der Waals surface area contributed by atoms with Crippen LogP contribution >= 0.6 is 0 Å². The van der Waals surface area contributed by atoms with Crippen LogP contribution in [-0.2, 0) is 5.54 Å². The second-order valence-corrected chi connectivity index (χ2v) is 4.85. The summed E-state index contributed by atoms with van der Waals surface area (Å²) >= 11 is 0. The van der Waals surface area contributed by atoms with Crippen molar-refractivity contribution in [3.63, 3.8) is 0 Å².